The molecular weight excluding hydrogens is 1260 g/mol. The minimum absolute atomic E-state index is 0.104. The fourth-order valence-corrected chi connectivity index (χ4v) is 13.4. The molecule has 0 radical (unpaired) electrons. The van der Waals surface area contributed by atoms with Crippen LogP contribution in [0, 0.1) is 17.8 Å². The second-order valence-corrected chi connectivity index (χ2v) is 32.1. The number of phosphoric acid groups is 2. The van der Waals surface area contributed by atoms with E-state index in [1.165, 1.54) is 199 Å². The summed E-state index contributed by atoms with van der Waals surface area (Å²) < 4.78 is 68.5. The molecule has 0 saturated heterocycles. The molecule has 0 aromatic carbocycles. The number of carbonyl (C=O) groups excluding carboxylic acids is 4. The van der Waals surface area contributed by atoms with E-state index in [9.17, 15) is 43.2 Å². The number of aliphatic hydroxyl groups is 1. The second-order valence-electron chi connectivity index (χ2n) is 29.2. The number of ether oxygens (including phenoxy) is 4. The molecule has 5 atom stereocenters. The number of phosphoric ester groups is 2. The van der Waals surface area contributed by atoms with Crippen molar-refractivity contribution >= 4 is 39.5 Å². The maximum atomic E-state index is 13.1. The van der Waals surface area contributed by atoms with Crippen molar-refractivity contribution in [1.29, 1.82) is 0 Å². The van der Waals surface area contributed by atoms with Gasteiger partial charge in [0, 0.05) is 25.7 Å². The molecule has 0 aromatic heterocycles. The molecule has 0 aliphatic heterocycles. The monoisotopic (exact) mass is 1410 g/mol. The first-order valence-electron chi connectivity index (χ1n) is 39.8. The number of hydrogen-bond acceptors (Lipinski definition) is 15. The number of unbranched alkanes of at least 4 members (excludes halogenated alkanes) is 43. The molecule has 96 heavy (non-hydrogen) atoms. The summed E-state index contributed by atoms with van der Waals surface area (Å²) in [7, 11) is -9.91. The minimum Gasteiger partial charge on any atom is -0.462 e. The van der Waals surface area contributed by atoms with Crippen LogP contribution in [-0.2, 0) is 65.4 Å². The Morgan fingerprint density at radius 3 is 0.708 bits per heavy atom. The zero-order chi connectivity index (χ0) is 70.9. The van der Waals surface area contributed by atoms with Crippen molar-refractivity contribution in [1.82, 2.24) is 0 Å². The summed E-state index contributed by atoms with van der Waals surface area (Å²) in [6.45, 7) is 11.8. The fourth-order valence-electron chi connectivity index (χ4n) is 11.8. The van der Waals surface area contributed by atoms with Gasteiger partial charge in [0.15, 0.2) is 12.2 Å². The highest BCUT2D eigenvalue weighted by atomic mass is 31.2. The minimum atomic E-state index is -4.96. The molecule has 19 heteroatoms. The topological polar surface area (TPSA) is 237 Å². The normalized spacial score (nSPS) is 14.1. The Bertz CT molecular complexity index is 1870. The summed E-state index contributed by atoms with van der Waals surface area (Å²) >= 11 is 0. The maximum absolute atomic E-state index is 13.1. The van der Waals surface area contributed by atoms with Crippen molar-refractivity contribution < 1.29 is 80.2 Å². The Hall–Kier alpha value is -1.94. The molecule has 0 aliphatic carbocycles. The molecule has 0 rings (SSSR count). The Morgan fingerprint density at radius 1 is 0.281 bits per heavy atom. The van der Waals surface area contributed by atoms with E-state index in [4.69, 9.17) is 37.0 Å². The molecule has 0 amide bonds. The Balaban J connectivity index is 5.20. The molecule has 2 unspecified atom stereocenters. The predicted octanol–water partition coefficient (Wildman–Crippen LogP) is 22.6. The van der Waals surface area contributed by atoms with Gasteiger partial charge in [0.1, 0.15) is 19.3 Å². The van der Waals surface area contributed by atoms with Crippen molar-refractivity contribution in [2.75, 3.05) is 39.6 Å². The van der Waals surface area contributed by atoms with Gasteiger partial charge in [-0.25, -0.2) is 9.13 Å². The molecule has 0 fully saturated rings. The van der Waals surface area contributed by atoms with Gasteiger partial charge in [0.25, 0.3) is 0 Å². The first-order chi connectivity index (χ1) is 46.2. The number of rotatable bonds is 75. The molecule has 0 spiro atoms. The summed E-state index contributed by atoms with van der Waals surface area (Å²) in [4.78, 5) is 72.8. The first-order valence-corrected chi connectivity index (χ1v) is 42.8. The van der Waals surface area contributed by atoms with E-state index >= 15 is 0 Å². The summed E-state index contributed by atoms with van der Waals surface area (Å²) in [5, 5.41) is 10.6. The quantitative estimate of drug-likeness (QED) is 0.0222. The summed E-state index contributed by atoms with van der Waals surface area (Å²) in [5.74, 6) is 0.125. The van der Waals surface area contributed by atoms with E-state index < -0.39 is 97.5 Å². The molecule has 570 valence electrons. The lowest BCUT2D eigenvalue weighted by atomic mass is 10.0. The van der Waals surface area contributed by atoms with Crippen molar-refractivity contribution in [2.24, 2.45) is 17.8 Å². The van der Waals surface area contributed by atoms with Crippen molar-refractivity contribution in [3.63, 3.8) is 0 Å². The van der Waals surface area contributed by atoms with Gasteiger partial charge in [-0.3, -0.25) is 37.3 Å². The molecule has 17 nitrogen and oxygen atoms in total. The van der Waals surface area contributed by atoms with Crippen LogP contribution in [0.5, 0.6) is 0 Å². The Morgan fingerprint density at radius 2 is 0.479 bits per heavy atom. The van der Waals surface area contributed by atoms with Crippen LogP contribution in [0.4, 0.5) is 0 Å². The van der Waals surface area contributed by atoms with Gasteiger partial charge < -0.3 is 33.8 Å². The largest absolute Gasteiger partial charge is 0.472 e. The molecule has 0 aliphatic rings. The van der Waals surface area contributed by atoms with E-state index in [2.05, 4.69) is 48.5 Å². The average Bonchev–Trinajstić information content (AvgIpc) is 2.08. The SMILES string of the molecule is CCCCCCCCCCCCCCCCC(=O)OC[C@H](COP(=O)(O)OC[C@@H](O)COP(=O)(O)OC[C@@H](COC(=O)CCCCCCCCCC(C)C)OC(=O)CCCCCCCCCCC(C)C)OC(=O)CCCCCCCCCCCCCCCCCCCCC(C)C. The van der Waals surface area contributed by atoms with E-state index in [0.717, 1.165) is 108 Å². The van der Waals surface area contributed by atoms with Gasteiger partial charge in [-0.1, -0.05) is 344 Å². The van der Waals surface area contributed by atoms with Crippen LogP contribution in [0.1, 0.15) is 395 Å². The van der Waals surface area contributed by atoms with E-state index in [1.807, 2.05) is 0 Å². The highest BCUT2D eigenvalue weighted by Crippen LogP contribution is 2.45. The van der Waals surface area contributed by atoms with Crippen molar-refractivity contribution in [3.8, 4) is 0 Å². The first kappa shape index (κ1) is 94.1. The van der Waals surface area contributed by atoms with Gasteiger partial charge in [-0.15, -0.1) is 0 Å². The number of hydrogen-bond donors (Lipinski definition) is 3. The van der Waals surface area contributed by atoms with Gasteiger partial charge in [0.2, 0.25) is 0 Å². The Labute approximate surface area is 588 Å². The Kier molecular flexibility index (Phi) is 66.2. The standard InChI is InChI=1S/C77H150O17P2/c1-8-9-10-11-12-13-14-15-23-26-29-37-44-51-58-74(79)87-64-72(93-76(81)60-53-46-38-30-27-24-21-19-17-16-18-20-22-25-28-34-41-48-55-68(2)3)66-91-95(83,84)89-62-71(78)63-90-96(85,86)92-67-73(65-88-75(80)59-52-45-40-33-36-43-50-57-70(6)7)94-77(82)61-54-47-39-32-31-35-42-49-56-69(4)5/h68-73,78H,8-67H2,1-7H3,(H,83,84)(H,85,86)/t71-,72-,73-/m1/s1. The molecule has 0 bridgehead atoms. The highest BCUT2D eigenvalue weighted by Gasteiger charge is 2.30. The second kappa shape index (κ2) is 67.5. The molecular formula is C77H150O17P2. The van der Waals surface area contributed by atoms with E-state index in [0.29, 0.717) is 31.6 Å². The smallest absolute Gasteiger partial charge is 0.462 e. The molecule has 0 saturated carbocycles. The predicted molar refractivity (Wildman–Crippen MR) is 391 cm³/mol. The lowest BCUT2D eigenvalue weighted by Gasteiger charge is -2.21. The van der Waals surface area contributed by atoms with E-state index in [1.54, 1.807) is 0 Å². The van der Waals surface area contributed by atoms with Gasteiger partial charge in [-0.2, -0.15) is 0 Å². The summed E-state index contributed by atoms with van der Waals surface area (Å²) in [6.07, 6.45) is 54.3. The summed E-state index contributed by atoms with van der Waals surface area (Å²) in [6, 6.07) is 0. The third kappa shape index (κ3) is 70.5. The van der Waals surface area contributed by atoms with Crippen LogP contribution in [-0.4, -0.2) is 96.7 Å². The zero-order valence-electron chi connectivity index (χ0n) is 62.8. The fraction of sp³-hybridized carbons (Fsp3) is 0.948. The molecule has 0 heterocycles. The van der Waals surface area contributed by atoms with Crippen molar-refractivity contribution in [3.05, 3.63) is 0 Å². The lowest BCUT2D eigenvalue weighted by Crippen LogP contribution is -2.30. The van der Waals surface area contributed by atoms with Crippen LogP contribution in [0.2, 0.25) is 0 Å². The van der Waals surface area contributed by atoms with Gasteiger partial charge in [-0.05, 0) is 43.4 Å². The third-order valence-electron chi connectivity index (χ3n) is 17.9. The highest BCUT2D eigenvalue weighted by molar-refractivity contribution is 7.47. The van der Waals surface area contributed by atoms with Crippen LogP contribution >= 0.6 is 15.6 Å². The van der Waals surface area contributed by atoms with Crippen LogP contribution in [0.3, 0.4) is 0 Å². The van der Waals surface area contributed by atoms with Crippen LogP contribution < -0.4 is 0 Å². The maximum Gasteiger partial charge on any atom is 0.472 e. The molecule has 0 aromatic rings. The van der Waals surface area contributed by atoms with Crippen LogP contribution in [0.15, 0.2) is 0 Å². The molecule has 3 N–H and O–H groups in total. The average molecular weight is 1410 g/mol. The lowest BCUT2D eigenvalue weighted by molar-refractivity contribution is -0.161. The zero-order valence-corrected chi connectivity index (χ0v) is 64.6. The number of carbonyl (C=O) groups is 4. The third-order valence-corrected chi connectivity index (χ3v) is 19.8. The van der Waals surface area contributed by atoms with Gasteiger partial charge >= 0.3 is 39.5 Å². The van der Waals surface area contributed by atoms with Crippen molar-refractivity contribution in [2.45, 2.75) is 414 Å². The number of aliphatic hydroxyl groups excluding tert-OH is 1. The summed E-state index contributed by atoms with van der Waals surface area (Å²) in [5.41, 5.74) is 0. The number of esters is 4. The van der Waals surface area contributed by atoms with Crippen LogP contribution in [0.25, 0.3) is 0 Å². The van der Waals surface area contributed by atoms with E-state index in [-0.39, 0.29) is 25.7 Å². The van der Waals surface area contributed by atoms with Gasteiger partial charge in [0.05, 0.1) is 26.4 Å².